The number of rotatable bonds is 7. The number of nitrogens with one attached hydrogen (secondary N) is 1. The van der Waals surface area contributed by atoms with Crippen molar-refractivity contribution in [3.05, 3.63) is 0 Å². The Kier molecular flexibility index (Phi) is 4.90. The molecule has 14 heavy (non-hydrogen) atoms. The van der Waals surface area contributed by atoms with E-state index in [1.54, 1.807) is 0 Å². The summed E-state index contributed by atoms with van der Waals surface area (Å²) in [5.74, 6) is 1.04. The van der Waals surface area contributed by atoms with Gasteiger partial charge in [0.1, 0.15) is 0 Å². The molecule has 0 amide bonds. The second-order valence-corrected chi connectivity index (χ2v) is 5.43. The first kappa shape index (κ1) is 12.0. The smallest absolute Gasteiger partial charge is 0.00975 e. The van der Waals surface area contributed by atoms with Crippen LogP contribution < -0.4 is 11.1 Å². The molecule has 0 bridgehead atoms. The van der Waals surface area contributed by atoms with Crippen molar-refractivity contribution in [2.24, 2.45) is 11.7 Å². The average molecular weight is 198 g/mol. The van der Waals surface area contributed by atoms with Crippen LogP contribution in [0.25, 0.3) is 0 Å². The first-order valence-corrected chi connectivity index (χ1v) is 6.07. The second kappa shape index (κ2) is 5.72. The highest BCUT2D eigenvalue weighted by molar-refractivity contribution is 4.72. The Hall–Kier alpha value is -0.0800. The zero-order valence-electron chi connectivity index (χ0n) is 9.81. The third-order valence-electron chi connectivity index (χ3n) is 3.13. The van der Waals surface area contributed by atoms with Crippen LogP contribution >= 0.6 is 0 Å². The topological polar surface area (TPSA) is 38.0 Å². The van der Waals surface area contributed by atoms with Crippen LogP contribution in [0.4, 0.5) is 0 Å². The summed E-state index contributed by atoms with van der Waals surface area (Å²) in [5.41, 5.74) is 5.91. The number of nitrogens with two attached hydrogens (primary N) is 1. The van der Waals surface area contributed by atoms with Crippen LogP contribution in [0.3, 0.4) is 0 Å². The Bertz CT molecular complexity index is 145. The van der Waals surface area contributed by atoms with Crippen LogP contribution in [0.5, 0.6) is 0 Å². The molecule has 1 fully saturated rings. The number of hydrogen-bond donors (Lipinski definition) is 2. The molecule has 1 aliphatic carbocycles. The van der Waals surface area contributed by atoms with E-state index in [-0.39, 0.29) is 5.54 Å². The van der Waals surface area contributed by atoms with E-state index in [0.29, 0.717) is 0 Å². The van der Waals surface area contributed by atoms with Crippen molar-refractivity contribution in [1.29, 1.82) is 0 Å². The quantitative estimate of drug-likeness (QED) is 0.616. The summed E-state index contributed by atoms with van der Waals surface area (Å²) in [6.45, 7) is 6.53. The van der Waals surface area contributed by atoms with Crippen molar-refractivity contribution < 1.29 is 0 Å². The van der Waals surface area contributed by atoms with Gasteiger partial charge in [-0.2, -0.15) is 0 Å². The molecule has 2 heteroatoms. The predicted octanol–water partition coefficient (Wildman–Crippen LogP) is 2.28. The molecule has 0 aliphatic heterocycles. The molecule has 1 saturated carbocycles. The Morgan fingerprint density at radius 2 is 2.00 bits per heavy atom. The van der Waals surface area contributed by atoms with Gasteiger partial charge < -0.3 is 11.1 Å². The summed E-state index contributed by atoms with van der Waals surface area (Å²) in [6.07, 6.45) is 8.10. The zero-order valence-corrected chi connectivity index (χ0v) is 9.81. The van der Waals surface area contributed by atoms with Gasteiger partial charge in [0, 0.05) is 5.54 Å². The lowest BCUT2D eigenvalue weighted by Crippen LogP contribution is -2.33. The lowest BCUT2D eigenvalue weighted by atomic mass is 9.83. The molecule has 0 spiro atoms. The minimum atomic E-state index is 0.00958. The van der Waals surface area contributed by atoms with Gasteiger partial charge in [-0.15, -0.1) is 0 Å². The summed E-state index contributed by atoms with van der Waals surface area (Å²) < 4.78 is 0. The second-order valence-electron chi connectivity index (χ2n) is 5.43. The molecular formula is C12H26N2. The Morgan fingerprint density at radius 1 is 1.29 bits per heavy atom. The van der Waals surface area contributed by atoms with Crippen molar-refractivity contribution in [1.82, 2.24) is 5.32 Å². The highest BCUT2D eigenvalue weighted by Crippen LogP contribution is 2.28. The van der Waals surface area contributed by atoms with Crippen LogP contribution in [0.15, 0.2) is 0 Å². The van der Waals surface area contributed by atoms with E-state index >= 15 is 0 Å². The van der Waals surface area contributed by atoms with E-state index in [2.05, 4.69) is 19.2 Å². The fourth-order valence-corrected chi connectivity index (χ4v) is 1.88. The van der Waals surface area contributed by atoms with Crippen LogP contribution in [0.2, 0.25) is 0 Å². The summed E-state index contributed by atoms with van der Waals surface area (Å²) >= 11 is 0. The highest BCUT2D eigenvalue weighted by Gasteiger charge is 2.16. The van der Waals surface area contributed by atoms with Crippen LogP contribution in [-0.4, -0.2) is 18.6 Å². The molecule has 84 valence electrons. The molecular weight excluding hydrogens is 172 g/mol. The molecule has 2 nitrogen and oxygen atoms in total. The van der Waals surface area contributed by atoms with Crippen molar-refractivity contribution in [2.75, 3.05) is 13.1 Å². The maximum Gasteiger partial charge on any atom is 0.00975 e. The standard InChI is InChI=1S/C12H26N2/c1-12(2,13)8-4-9-14-10-7-11-5-3-6-11/h11,14H,3-10,13H2,1-2H3. The summed E-state index contributed by atoms with van der Waals surface area (Å²) in [7, 11) is 0. The number of hydrogen-bond acceptors (Lipinski definition) is 2. The summed E-state index contributed by atoms with van der Waals surface area (Å²) in [6, 6.07) is 0. The largest absolute Gasteiger partial charge is 0.326 e. The van der Waals surface area contributed by atoms with E-state index in [1.165, 1.54) is 38.6 Å². The van der Waals surface area contributed by atoms with Gasteiger partial charge in [0.15, 0.2) is 0 Å². The van der Waals surface area contributed by atoms with Crippen molar-refractivity contribution in [3.63, 3.8) is 0 Å². The first-order valence-electron chi connectivity index (χ1n) is 6.07. The summed E-state index contributed by atoms with van der Waals surface area (Å²) in [4.78, 5) is 0. The average Bonchev–Trinajstić information content (AvgIpc) is 1.97. The first-order chi connectivity index (χ1) is 6.58. The Morgan fingerprint density at radius 3 is 2.50 bits per heavy atom. The third kappa shape index (κ3) is 5.61. The predicted molar refractivity (Wildman–Crippen MR) is 62.3 cm³/mol. The van der Waals surface area contributed by atoms with Gasteiger partial charge in [0.05, 0.1) is 0 Å². The fourth-order valence-electron chi connectivity index (χ4n) is 1.88. The van der Waals surface area contributed by atoms with Gasteiger partial charge in [0.25, 0.3) is 0 Å². The SMILES string of the molecule is CC(C)(N)CCCNCCC1CCC1. The molecule has 0 atom stereocenters. The maximum absolute atomic E-state index is 5.90. The lowest BCUT2D eigenvalue weighted by Gasteiger charge is -2.25. The normalized spacial score (nSPS) is 18.2. The van der Waals surface area contributed by atoms with E-state index in [4.69, 9.17) is 5.73 Å². The Balaban J connectivity index is 1.80. The Labute approximate surface area is 88.6 Å². The van der Waals surface area contributed by atoms with Crippen LogP contribution in [-0.2, 0) is 0 Å². The van der Waals surface area contributed by atoms with Gasteiger partial charge in [0.2, 0.25) is 0 Å². The van der Waals surface area contributed by atoms with Gasteiger partial charge in [-0.1, -0.05) is 19.3 Å². The molecule has 0 heterocycles. The molecule has 1 aliphatic rings. The maximum atomic E-state index is 5.90. The summed E-state index contributed by atoms with van der Waals surface area (Å²) in [5, 5.41) is 3.50. The van der Waals surface area contributed by atoms with Crippen molar-refractivity contribution in [3.8, 4) is 0 Å². The molecule has 1 rings (SSSR count). The molecule has 0 aromatic rings. The highest BCUT2D eigenvalue weighted by atomic mass is 14.8. The minimum absolute atomic E-state index is 0.00958. The molecule has 0 aromatic carbocycles. The van der Waals surface area contributed by atoms with E-state index in [9.17, 15) is 0 Å². The monoisotopic (exact) mass is 198 g/mol. The van der Waals surface area contributed by atoms with Crippen LogP contribution in [0, 0.1) is 5.92 Å². The fraction of sp³-hybridized carbons (Fsp3) is 1.00. The molecule has 0 unspecified atom stereocenters. The minimum Gasteiger partial charge on any atom is -0.326 e. The lowest BCUT2D eigenvalue weighted by molar-refractivity contribution is 0.291. The van der Waals surface area contributed by atoms with E-state index < -0.39 is 0 Å². The van der Waals surface area contributed by atoms with Gasteiger partial charge >= 0.3 is 0 Å². The molecule has 0 radical (unpaired) electrons. The zero-order chi connectivity index (χ0) is 10.4. The van der Waals surface area contributed by atoms with Gasteiger partial charge in [-0.3, -0.25) is 0 Å². The van der Waals surface area contributed by atoms with Crippen LogP contribution in [0.1, 0.15) is 52.4 Å². The van der Waals surface area contributed by atoms with Gasteiger partial charge in [-0.05, 0) is 52.1 Å². The molecule has 3 N–H and O–H groups in total. The molecule has 0 saturated heterocycles. The molecule has 0 aromatic heterocycles. The van der Waals surface area contributed by atoms with Crippen molar-refractivity contribution in [2.45, 2.75) is 57.9 Å². The third-order valence-corrected chi connectivity index (χ3v) is 3.13. The van der Waals surface area contributed by atoms with Crippen molar-refractivity contribution >= 4 is 0 Å². The van der Waals surface area contributed by atoms with E-state index in [0.717, 1.165) is 18.9 Å². The van der Waals surface area contributed by atoms with Gasteiger partial charge in [-0.25, -0.2) is 0 Å². The van der Waals surface area contributed by atoms with E-state index in [1.807, 2.05) is 0 Å².